The molecule has 0 aromatic carbocycles. The summed E-state index contributed by atoms with van der Waals surface area (Å²) in [5.74, 6) is 0.273. The summed E-state index contributed by atoms with van der Waals surface area (Å²) < 4.78 is 0. The van der Waals surface area contributed by atoms with E-state index in [0.717, 1.165) is 23.9 Å². The minimum atomic E-state index is -0.884. The maximum atomic E-state index is 11.1. The Hall–Kier alpha value is -0.360. The number of hydrogen-bond acceptors (Lipinski definition) is 4. The summed E-state index contributed by atoms with van der Waals surface area (Å²) >= 11 is 2.86. The zero-order chi connectivity index (χ0) is 10.8. The molecule has 0 saturated heterocycles. The molecule has 0 aromatic heterocycles. The third-order valence-corrected chi connectivity index (χ3v) is 2.92. The Labute approximate surface area is 92.2 Å². The van der Waals surface area contributed by atoms with Gasteiger partial charge in [-0.2, -0.15) is 11.8 Å². The van der Waals surface area contributed by atoms with E-state index in [1.165, 1.54) is 0 Å². The second-order valence-corrected chi connectivity index (χ2v) is 4.55. The summed E-state index contributed by atoms with van der Waals surface area (Å²) in [5, 5.41) is 11.0. The lowest BCUT2D eigenvalue weighted by Gasteiger charge is -2.02. The standard InChI is InChI=1S/C8H15NO3S2/c1-13-4-2-3-9-7(10)5-14-6-8(11)12/h2-6H2,1H3,(H,9,10)(H,11,12). The molecule has 0 rings (SSSR count). The van der Waals surface area contributed by atoms with Crippen LogP contribution in [-0.2, 0) is 9.59 Å². The van der Waals surface area contributed by atoms with Gasteiger partial charge in [0.25, 0.3) is 0 Å². The molecule has 0 aromatic rings. The van der Waals surface area contributed by atoms with E-state index in [2.05, 4.69) is 5.32 Å². The number of carboxylic acid groups (broad SMARTS) is 1. The van der Waals surface area contributed by atoms with Crippen LogP contribution in [0.4, 0.5) is 0 Å². The molecule has 0 aliphatic heterocycles. The van der Waals surface area contributed by atoms with Gasteiger partial charge < -0.3 is 10.4 Å². The molecule has 0 atom stereocenters. The first kappa shape index (κ1) is 13.6. The summed E-state index contributed by atoms with van der Waals surface area (Å²) in [7, 11) is 0. The van der Waals surface area contributed by atoms with Gasteiger partial charge in [0.15, 0.2) is 0 Å². The summed E-state index contributed by atoms with van der Waals surface area (Å²) in [6.07, 6.45) is 2.97. The van der Waals surface area contributed by atoms with Gasteiger partial charge in [-0.05, 0) is 18.4 Å². The Kier molecular flexibility index (Phi) is 8.97. The molecule has 0 aliphatic rings. The molecule has 4 nitrogen and oxygen atoms in total. The fourth-order valence-electron chi connectivity index (χ4n) is 0.726. The van der Waals surface area contributed by atoms with E-state index in [1.807, 2.05) is 6.26 Å². The monoisotopic (exact) mass is 237 g/mol. The molecule has 2 N–H and O–H groups in total. The average Bonchev–Trinajstić information content (AvgIpc) is 2.12. The van der Waals surface area contributed by atoms with Gasteiger partial charge in [0, 0.05) is 6.54 Å². The lowest BCUT2D eigenvalue weighted by Crippen LogP contribution is -2.26. The minimum Gasteiger partial charge on any atom is -0.481 e. The molecule has 0 unspecified atom stereocenters. The van der Waals surface area contributed by atoms with Gasteiger partial charge in [0.05, 0.1) is 11.5 Å². The van der Waals surface area contributed by atoms with Crippen LogP contribution in [0.3, 0.4) is 0 Å². The number of nitrogens with one attached hydrogen (secondary N) is 1. The summed E-state index contributed by atoms with van der Waals surface area (Å²) in [5.41, 5.74) is 0. The molecule has 6 heteroatoms. The fourth-order valence-corrected chi connectivity index (χ4v) is 1.72. The largest absolute Gasteiger partial charge is 0.481 e. The van der Waals surface area contributed by atoms with Crippen LogP contribution >= 0.6 is 23.5 Å². The van der Waals surface area contributed by atoms with Crippen molar-refractivity contribution in [2.45, 2.75) is 6.42 Å². The quantitative estimate of drug-likeness (QED) is 0.608. The van der Waals surface area contributed by atoms with Crippen molar-refractivity contribution in [3.8, 4) is 0 Å². The molecule has 14 heavy (non-hydrogen) atoms. The first-order chi connectivity index (χ1) is 6.66. The van der Waals surface area contributed by atoms with E-state index in [9.17, 15) is 9.59 Å². The maximum Gasteiger partial charge on any atom is 0.313 e. The topological polar surface area (TPSA) is 66.4 Å². The normalized spacial score (nSPS) is 9.79. The molecule has 82 valence electrons. The number of rotatable bonds is 8. The van der Waals surface area contributed by atoms with Crippen LogP contribution in [0.1, 0.15) is 6.42 Å². The Morgan fingerprint density at radius 3 is 2.64 bits per heavy atom. The molecule has 1 amide bonds. The Balaban J connectivity index is 3.24. The van der Waals surface area contributed by atoms with Gasteiger partial charge in [-0.1, -0.05) is 0 Å². The third-order valence-electron chi connectivity index (χ3n) is 1.31. The van der Waals surface area contributed by atoms with Crippen LogP contribution in [0.25, 0.3) is 0 Å². The molecule has 0 saturated carbocycles. The highest BCUT2D eigenvalue weighted by molar-refractivity contribution is 8.00. The van der Waals surface area contributed by atoms with Crippen LogP contribution in [0.2, 0.25) is 0 Å². The van der Waals surface area contributed by atoms with Gasteiger partial charge >= 0.3 is 5.97 Å². The van der Waals surface area contributed by atoms with Crippen LogP contribution in [0.5, 0.6) is 0 Å². The van der Waals surface area contributed by atoms with E-state index in [1.54, 1.807) is 11.8 Å². The Bertz CT molecular complexity index is 187. The van der Waals surface area contributed by atoms with Crippen molar-refractivity contribution in [2.24, 2.45) is 0 Å². The molecule has 0 radical (unpaired) electrons. The first-order valence-electron chi connectivity index (χ1n) is 4.22. The van der Waals surface area contributed by atoms with Crippen molar-refractivity contribution >= 4 is 35.4 Å². The highest BCUT2D eigenvalue weighted by Crippen LogP contribution is 1.98. The number of carboxylic acids is 1. The number of aliphatic carboxylic acids is 1. The molecule has 0 bridgehead atoms. The summed E-state index contributed by atoms with van der Waals surface area (Å²) in [4.78, 5) is 21.2. The Morgan fingerprint density at radius 1 is 1.36 bits per heavy atom. The smallest absolute Gasteiger partial charge is 0.313 e. The van der Waals surface area contributed by atoms with E-state index in [4.69, 9.17) is 5.11 Å². The van der Waals surface area contributed by atoms with Gasteiger partial charge in [0.2, 0.25) is 5.91 Å². The van der Waals surface area contributed by atoms with Gasteiger partial charge in [-0.15, -0.1) is 11.8 Å². The highest BCUT2D eigenvalue weighted by Gasteiger charge is 2.02. The van der Waals surface area contributed by atoms with Crippen LogP contribution in [0, 0.1) is 0 Å². The summed E-state index contributed by atoms with van der Waals surface area (Å²) in [6, 6.07) is 0. The van der Waals surface area contributed by atoms with Crippen LogP contribution in [-0.4, -0.2) is 47.0 Å². The zero-order valence-corrected chi connectivity index (χ0v) is 9.75. The molecule has 0 spiro atoms. The highest BCUT2D eigenvalue weighted by atomic mass is 32.2. The van der Waals surface area contributed by atoms with E-state index in [0.29, 0.717) is 6.54 Å². The number of carbonyl (C=O) groups is 2. The van der Waals surface area contributed by atoms with Gasteiger partial charge in [0.1, 0.15) is 0 Å². The van der Waals surface area contributed by atoms with Crippen LogP contribution in [0.15, 0.2) is 0 Å². The summed E-state index contributed by atoms with van der Waals surface area (Å²) in [6.45, 7) is 0.674. The Morgan fingerprint density at radius 2 is 2.07 bits per heavy atom. The van der Waals surface area contributed by atoms with Crippen molar-refractivity contribution in [1.29, 1.82) is 0 Å². The van der Waals surface area contributed by atoms with Crippen molar-refractivity contribution < 1.29 is 14.7 Å². The third kappa shape index (κ3) is 9.73. The van der Waals surface area contributed by atoms with E-state index in [-0.39, 0.29) is 17.4 Å². The second kappa shape index (κ2) is 9.21. The SMILES string of the molecule is CSCCCNC(=O)CSCC(=O)O. The number of thioether (sulfide) groups is 2. The lowest BCUT2D eigenvalue weighted by atomic mass is 10.5. The van der Waals surface area contributed by atoms with E-state index >= 15 is 0 Å². The second-order valence-electron chi connectivity index (χ2n) is 2.58. The number of hydrogen-bond donors (Lipinski definition) is 2. The molecular formula is C8H15NO3S2. The predicted octanol–water partition coefficient (Wildman–Crippen LogP) is 0.673. The molecular weight excluding hydrogens is 222 g/mol. The lowest BCUT2D eigenvalue weighted by molar-refractivity contribution is -0.133. The molecule has 0 heterocycles. The molecule has 0 aliphatic carbocycles. The number of carbonyl (C=O) groups excluding carboxylic acids is 1. The van der Waals surface area contributed by atoms with Gasteiger partial charge in [-0.25, -0.2) is 0 Å². The fraction of sp³-hybridized carbons (Fsp3) is 0.750. The van der Waals surface area contributed by atoms with Crippen molar-refractivity contribution in [3.05, 3.63) is 0 Å². The first-order valence-corrected chi connectivity index (χ1v) is 6.77. The van der Waals surface area contributed by atoms with Crippen molar-refractivity contribution in [1.82, 2.24) is 5.32 Å². The average molecular weight is 237 g/mol. The van der Waals surface area contributed by atoms with Gasteiger partial charge in [-0.3, -0.25) is 9.59 Å². The molecule has 0 fully saturated rings. The predicted molar refractivity (Wildman–Crippen MR) is 61.0 cm³/mol. The van der Waals surface area contributed by atoms with E-state index < -0.39 is 5.97 Å². The number of amides is 1. The zero-order valence-electron chi connectivity index (χ0n) is 8.12. The minimum absolute atomic E-state index is 0.0156. The van der Waals surface area contributed by atoms with Crippen LogP contribution < -0.4 is 5.32 Å². The van der Waals surface area contributed by atoms with Crippen molar-refractivity contribution in [2.75, 3.05) is 30.1 Å². The maximum absolute atomic E-state index is 11.1. The van der Waals surface area contributed by atoms with Crippen molar-refractivity contribution in [3.63, 3.8) is 0 Å².